The molecule has 2 nitrogen and oxygen atoms in total. The fourth-order valence-electron chi connectivity index (χ4n) is 3.66. The highest BCUT2D eigenvalue weighted by molar-refractivity contribution is 4.88. The van der Waals surface area contributed by atoms with Crippen LogP contribution in [0.5, 0.6) is 0 Å². The summed E-state index contributed by atoms with van der Waals surface area (Å²) in [5, 5.41) is 3.84. The lowest BCUT2D eigenvalue weighted by molar-refractivity contribution is 0.165. The van der Waals surface area contributed by atoms with E-state index < -0.39 is 0 Å². The minimum atomic E-state index is 0.728. The molecule has 0 radical (unpaired) electrons. The Morgan fingerprint density at radius 1 is 1.05 bits per heavy atom. The topological polar surface area (TPSA) is 15.3 Å². The summed E-state index contributed by atoms with van der Waals surface area (Å²) >= 11 is 0. The highest BCUT2D eigenvalue weighted by atomic mass is 15.2. The fourth-order valence-corrected chi connectivity index (χ4v) is 3.66. The van der Waals surface area contributed by atoms with Crippen molar-refractivity contribution in [1.82, 2.24) is 10.2 Å². The van der Waals surface area contributed by atoms with Crippen LogP contribution < -0.4 is 5.32 Å². The molecule has 0 aromatic heterocycles. The van der Waals surface area contributed by atoms with E-state index in [4.69, 9.17) is 0 Å². The van der Waals surface area contributed by atoms with E-state index in [0.717, 1.165) is 23.9 Å². The fraction of sp³-hybridized carbons (Fsp3) is 1.00. The Labute approximate surface area is 120 Å². The lowest BCUT2D eigenvalue weighted by atomic mass is 9.83. The summed E-state index contributed by atoms with van der Waals surface area (Å²) in [6.07, 6.45) is 11.5. The zero-order chi connectivity index (χ0) is 13.7. The van der Waals surface area contributed by atoms with Gasteiger partial charge in [-0.1, -0.05) is 26.2 Å². The first kappa shape index (κ1) is 15.3. The molecule has 2 fully saturated rings. The van der Waals surface area contributed by atoms with Gasteiger partial charge >= 0.3 is 0 Å². The number of hydrogen-bond donors (Lipinski definition) is 1. The monoisotopic (exact) mass is 266 g/mol. The normalized spacial score (nSPS) is 24.6. The molecule has 2 aliphatic carbocycles. The minimum Gasteiger partial charge on any atom is -0.312 e. The van der Waals surface area contributed by atoms with Crippen molar-refractivity contribution < 1.29 is 0 Å². The highest BCUT2D eigenvalue weighted by Gasteiger charge is 2.32. The molecule has 0 heterocycles. The molecule has 1 N–H and O–H groups in total. The van der Waals surface area contributed by atoms with Gasteiger partial charge in [0.25, 0.3) is 0 Å². The largest absolute Gasteiger partial charge is 0.312 e. The van der Waals surface area contributed by atoms with E-state index in [1.807, 2.05) is 0 Å². The molecule has 2 saturated carbocycles. The number of rotatable bonds is 8. The SMILES string of the molecule is CCCNC(CN(C)C(C)C1CC1)C1CCCCC1. The van der Waals surface area contributed by atoms with Gasteiger partial charge in [-0.15, -0.1) is 0 Å². The summed E-state index contributed by atoms with van der Waals surface area (Å²) in [6, 6.07) is 1.51. The van der Waals surface area contributed by atoms with E-state index in [9.17, 15) is 0 Å². The van der Waals surface area contributed by atoms with Crippen LogP contribution in [0, 0.1) is 11.8 Å². The smallest absolute Gasteiger partial charge is 0.0223 e. The molecule has 19 heavy (non-hydrogen) atoms. The molecule has 2 heteroatoms. The second-order valence-corrected chi connectivity index (χ2v) is 6.98. The predicted octanol–water partition coefficient (Wildman–Crippen LogP) is 3.67. The molecular weight excluding hydrogens is 232 g/mol. The molecule has 0 aromatic carbocycles. The summed E-state index contributed by atoms with van der Waals surface area (Å²) in [7, 11) is 2.34. The predicted molar refractivity (Wildman–Crippen MR) is 83.5 cm³/mol. The van der Waals surface area contributed by atoms with Crippen molar-refractivity contribution in [1.29, 1.82) is 0 Å². The van der Waals surface area contributed by atoms with Crippen LogP contribution in [0.2, 0.25) is 0 Å². The molecule has 0 aliphatic heterocycles. The molecule has 112 valence electrons. The van der Waals surface area contributed by atoms with Gasteiger partial charge in [0.15, 0.2) is 0 Å². The number of likely N-dealkylation sites (N-methyl/N-ethyl adjacent to an activating group) is 1. The van der Waals surface area contributed by atoms with Crippen molar-refractivity contribution in [3.05, 3.63) is 0 Å². The van der Waals surface area contributed by atoms with Crippen LogP contribution in [0.15, 0.2) is 0 Å². The summed E-state index contributed by atoms with van der Waals surface area (Å²) in [4.78, 5) is 2.62. The van der Waals surface area contributed by atoms with E-state index in [-0.39, 0.29) is 0 Å². The molecule has 2 rings (SSSR count). The van der Waals surface area contributed by atoms with Crippen molar-refractivity contribution in [2.45, 2.75) is 77.3 Å². The lowest BCUT2D eigenvalue weighted by Crippen LogP contribution is -2.48. The van der Waals surface area contributed by atoms with Crippen molar-refractivity contribution in [3.8, 4) is 0 Å². The minimum absolute atomic E-state index is 0.728. The number of nitrogens with zero attached hydrogens (tertiary/aromatic N) is 1. The Morgan fingerprint density at radius 3 is 2.32 bits per heavy atom. The molecule has 0 bridgehead atoms. The summed E-state index contributed by atoms with van der Waals surface area (Å²) in [6.45, 7) is 7.14. The van der Waals surface area contributed by atoms with Crippen molar-refractivity contribution in [2.75, 3.05) is 20.1 Å². The van der Waals surface area contributed by atoms with Gasteiger partial charge in [-0.25, -0.2) is 0 Å². The van der Waals surface area contributed by atoms with Crippen molar-refractivity contribution in [3.63, 3.8) is 0 Å². The zero-order valence-corrected chi connectivity index (χ0v) is 13.3. The van der Waals surface area contributed by atoms with Crippen LogP contribution in [-0.2, 0) is 0 Å². The van der Waals surface area contributed by atoms with Crippen molar-refractivity contribution in [2.24, 2.45) is 11.8 Å². The maximum absolute atomic E-state index is 3.84. The highest BCUT2D eigenvalue weighted by Crippen LogP contribution is 2.35. The van der Waals surface area contributed by atoms with Crippen LogP contribution >= 0.6 is 0 Å². The van der Waals surface area contributed by atoms with E-state index in [0.29, 0.717) is 0 Å². The maximum atomic E-state index is 3.84. The van der Waals surface area contributed by atoms with E-state index in [2.05, 4.69) is 31.1 Å². The van der Waals surface area contributed by atoms with E-state index in [1.165, 1.54) is 64.5 Å². The van der Waals surface area contributed by atoms with Gasteiger partial charge in [-0.2, -0.15) is 0 Å². The van der Waals surface area contributed by atoms with E-state index in [1.54, 1.807) is 0 Å². The maximum Gasteiger partial charge on any atom is 0.0223 e. The quantitative estimate of drug-likeness (QED) is 0.721. The first-order chi connectivity index (χ1) is 9.22. The Hall–Kier alpha value is -0.0800. The van der Waals surface area contributed by atoms with Gasteiger partial charge < -0.3 is 10.2 Å². The molecule has 2 aliphatic rings. The van der Waals surface area contributed by atoms with Gasteiger partial charge in [-0.3, -0.25) is 0 Å². The summed E-state index contributed by atoms with van der Waals surface area (Å²) in [5.74, 6) is 1.91. The molecule has 0 aromatic rings. The first-order valence-corrected chi connectivity index (χ1v) is 8.66. The summed E-state index contributed by atoms with van der Waals surface area (Å²) < 4.78 is 0. The Balaban J connectivity index is 1.84. The molecule has 2 unspecified atom stereocenters. The zero-order valence-electron chi connectivity index (χ0n) is 13.3. The standard InChI is InChI=1S/C17H34N2/c1-4-12-18-17(16-8-6-5-7-9-16)13-19(3)14(2)15-10-11-15/h14-18H,4-13H2,1-3H3. The molecule has 0 spiro atoms. The Morgan fingerprint density at radius 2 is 1.74 bits per heavy atom. The first-order valence-electron chi connectivity index (χ1n) is 8.66. The lowest BCUT2D eigenvalue weighted by Gasteiger charge is -2.36. The third-order valence-electron chi connectivity index (χ3n) is 5.36. The second kappa shape index (κ2) is 7.64. The molecule has 2 atom stereocenters. The number of hydrogen-bond acceptors (Lipinski definition) is 2. The molecular formula is C17H34N2. The van der Waals surface area contributed by atoms with Crippen molar-refractivity contribution >= 4 is 0 Å². The van der Waals surface area contributed by atoms with Crippen LogP contribution in [0.1, 0.15) is 65.2 Å². The Bertz CT molecular complexity index is 244. The van der Waals surface area contributed by atoms with Gasteiger partial charge in [0.05, 0.1) is 0 Å². The van der Waals surface area contributed by atoms with Crippen LogP contribution in [0.25, 0.3) is 0 Å². The average Bonchev–Trinajstić information content (AvgIpc) is 3.28. The van der Waals surface area contributed by atoms with E-state index >= 15 is 0 Å². The molecule has 0 amide bonds. The van der Waals surface area contributed by atoms with Gasteiger partial charge in [0.2, 0.25) is 0 Å². The van der Waals surface area contributed by atoms with Gasteiger partial charge in [-0.05, 0) is 64.5 Å². The number of nitrogens with one attached hydrogen (secondary N) is 1. The molecule has 0 saturated heterocycles. The summed E-state index contributed by atoms with van der Waals surface area (Å²) in [5.41, 5.74) is 0. The third-order valence-corrected chi connectivity index (χ3v) is 5.36. The van der Waals surface area contributed by atoms with Crippen LogP contribution in [0.3, 0.4) is 0 Å². The van der Waals surface area contributed by atoms with Crippen LogP contribution in [0.4, 0.5) is 0 Å². The van der Waals surface area contributed by atoms with Gasteiger partial charge in [0, 0.05) is 18.6 Å². The van der Waals surface area contributed by atoms with Gasteiger partial charge in [0.1, 0.15) is 0 Å². The second-order valence-electron chi connectivity index (χ2n) is 6.98. The average molecular weight is 266 g/mol. The van der Waals surface area contributed by atoms with Crippen LogP contribution in [-0.4, -0.2) is 37.1 Å². The Kier molecular flexibility index (Phi) is 6.15. The third kappa shape index (κ3) is 4.75.